The highest BCUT2D eigenvalue weighted by molar-refractivity contribution is 7.92. The molecule has 1 saturated heterocycles. The minimum absolute atomic E-state index is 0.0991. The SMILES string of the molecule is CS(=O)(=O)N1CCc2cc(C(=O)N3CCC4(CC3)NC(=O)c3ccccc3O4)ccc21. The molecule has 0 saturated carbocycles. The minimum Gasteiger partial charge on any atom is -0.467 e. The molecule has 162 valence electrons. The molecule has 5 rings (SSSR count). The van der Waals surface area contributed by atoms with Crippen LogP contribution in [0.5, 0.6) is 5.75 Å². The number of likely N-dealkylation sites (tertiary alicyclic amines) is 1. The average molecular weight is 442 g/mol. The van der Waals surface area contributed by atoms with Crippen LogP contribution in [0.15, 0.2) is 42.5 Å². The monoisotopic (exact) mass is 441 g/mol. The van der Waals surface area contributed by atoms with Crippen molar-refractivity contribution in [2.75, 3.05) is 30.2 Å². The number of nitrogens with zero attached hydrogens (tertiary/aromatic N) is 2. The quantitative estimate of drug-likeness (QED) is 0.766. The van der Waals surface area contributed by atoms with Gasteiger partial charge in [-0.1, -0.05) is 12.1 Å². The molecule has 0 aliphatic carbocycles. The average Bonchev–Trinajstić information content (AvgIpc) is 3.18. The maximum Gasteiger partial charge on any atom is 0.258 e. The van der Waals surface area contributed by atoms with Crippen LogP contribution in [0.25, 0.3) is 0 Å². The third-order valence-corrected chi connectivity index (χ3v) is 7.40. The van der Waals surface area contributed by atoms with E-state index in [2.05, 4.69) is 5.32 Å². The Hall–Kier alpha value is -3.07. The highest BCUT2D eigenvalue weighted by Crippen LogP contribution is 2.34. The van der Waals surface area contributed by atoms with E-state index in [0.717, 1.165) is 5.56 Å². The molecule has 31 heavy (non-hydrogen) atoms. The Morgan fingerprint density at radius 1 is 1.10 bits per heavy atom. The van der Waals surface area contributed by atoms with Crippen molar-refractivity contribution in [1.29, 1.82) is 0 Å². The van der Waals surface area contributed by atoms with E-state index in [4.69, 9.17) is 4.74 Å². The number of benzene rings is 2. The molecule has 0 radical (unpaired) electrons. The van der Waals surface area contributed by atoms with Gasteiger partial charge in [-0.25, -0.2) is 8.42 Å². The van der Waals surface area contributed by atoms with Gasteiger partial charge in [0.1, 0.15) is 5.75 Å². The molecule has 2 aromatic carbocycles. The summed E-state index contributed by atoms with van der Waals surface area (Å²) in [6.07, 6.45) is 2.76. The zero-order valence-corrected chi connectivity index (χ0v) is 17.9. The number of hydrogen-bond acceptors (Lipinski definition) is 5. The van der Waals surface area contributed by atoms with Gasteiger partial charge in [-0.05, 0) is 42.3 Å². The number of hydrogen-bond donors (Lipinski definition) is 1. The lowest BCUT2D eigenvalue weighted by molar-refractivity contribution is -0.0245. The molecular weight excluding hydrogens is 418 g/mol. The third-order valence-electron chi connectivity index (χ3n) is 6.22. The van der Waals surface area contributed by atoms with Gasteiger partial charge in [0.05, 0.1) is 17.5 Å². The van der Waals surface area contributed by atoms with Gasteiger partial charge >= 0.3 is 0 Å². The van der Waals surface area contributed by atoms with Gasteiger partial charge in [-0.2, -0.15) is 0 Å². The van der Waals surface area contributed by atoms with Crippen molar-refractivity contribution in [3.05, 3.63) is 59.2 Å². The van der Waals surface area contributed by atoms with Gasteiger partial charge in [0.2, 0.25) is 10.0 Å². The van der Waals surface area contributed by atoms with Crippen molar-refractivity contribution in [3.8, 4) is 5.75 Å². The molecule has 0 unspecified atom stereocenters. The number of rotatable bonds is 2. The smallest absolute Gasteiger partial charge is 0.258 e. The molecule has 0 aromatic heterocycles. The summed E-state index contributed by atoms with van der Waals surface area (Å²) in [5.74, 6) is 0.314. The van der Waals surface area contributed by atoms with E-state index in [-0.39, 0.29) is 11.8 Å². The van der Waals surface area contributed by atoms with Gasteiger partial charge < -0.3 is 15.0 Å². The molecular formula is C22H23N3O5S. The Kier molecular flexibility index (Phi) is 4.47. The number of carbonyl (C=O) groups is 2. The molecule has 1 spiro atoms. The number of para-hydroxylation sites is 1. The van der Waals surface area contributed by atoms with Crippen LogP contribution in [-0.2, 0) is 16.4 Å². The summed E-state index contributed by atoms with van der Waals surface area (Å²) in [4.78, 5) is 27.3. The minimum atomic E-state index is -3.32. The van der Waals surface area contributed by atoms with Gasteiger partial charge in [0, 0.05) is 38.0 Å². The van der Waals surface area contributed by atoms with E-state index in [1.54, 1.807) is 41.3 Å². The number of anilines is 1. The largest absolute Gasteiger partial charge is 0.467 e. The lowest BCUT2D eigenvalue weighted by atomic mass is 9.96. The molecule has 0 atom stereocenters. The number of nitrogens with one attached hydrogen (secondary N) is 1. The van der Waals surface area contributed by atoms with Crippen LogP contribution in [-0.4, -0.2) is 56.7 Å². The van der Waals surface area contributed by atoms with Crippen molar-refractivity contribution in [3.63, 3.8) is 0 Å². The Morgan fingerprint density at radius 2 is 1.84 bits per heavy atom. The number of sulfonamides is 1. The van der Waals surface area contributed by atoms with Crippen LogP contribution in [0, 0.1) is 0 Å². The summed E-state index contributed by atoms with van der Waals surface area (Å²) in [7, 11) is -3.32. The second-order valence-electron chi connectivity index (χ2n) is 8.27. The number of carbonyl (C=O) groups excluding carboxylic acids is 2. The predicted octanol–water partition coefficient (Wildman–Crippen LogP) is 1.76. The molecule has 8 nitrogen and oxygen atoms in total. The Morgan fingerprint density at radius 3 is 2.58 bits per heavy atom. The first-order valence-electron chi connectivity index (χ1n) is 10.3. The zero-order chi connectivity index (χ0) is 21.8. The van der Waals surface area contributed by atoms with Crippen molar-refractivity contribution < 1.29 is 22.7 Å². The molecule has 1 fully saturated rings. The van der Waals surface area contributed by atoms with E-state index in [9.17, 15) is 18.0 Å². The first kappa shape index (κ1) is 19.9. The van der Waals surface area contributed by atoms with Crippen LogP contribution in [0.4, 0.5) is 5.69 Å². The molecule has 1 N–H and O–H groups in total. The topological polar surface area (TPSA) is 96.0 Å². The first-order chi connectivity index (χ1) is 14.8. The van der Waals surface area contributed by atoms with Gasteiger partial charge in [0.15, 0.2) is 5.72 Å². The molecule has 3 heterocycles. The maximum atomic E-state index is 13.1. The summed E-state index contributed by atoms with van der Waals surface area (Å²) in [6.45, 7) is 1.30. The summed E-state index contributed by atoms with van der Waals surface area (Å²) in [6, 6.07) is 12.3. The number of piperidine rings is 1. The zero-order valence-electron chi connectivity index (χ0n) is 17.1. The highest BCUT2D eigenvalue weighted by Gasteiger charge is 2.43. The fourth-order valence-corrected chi connectivity index (χ4v) is 5.54. The Labute approximate surface area is 180 Å². The summed E-state index contributed by atoms with van der Waals surface area (Å²) < 4.78 is 31.4. The van der Waals surface area contributed by atoms with E-state index in [0.29, 0.717) is 61.5 Å². The summed E-state index contributed by atoms with van der Waals surface area (Å²) in [5.41, 5.74) is 1.78. The first-order valence-corrected chi connectivity index (χ1v) is 12.1. The summed E-state index contributed by atoms with van der Waals surface area (Å²) >= 11 is 0. The fraction of sp³-hybridized carbons (Fsp3) is 0.364. The van der Waals surface area contributed by atoms with Crippen LogP contribution >= 0.6 is 0 Å². The molecule has 9 heteroatoms. The molecule has 0 bridgehead atoms. The maximum absolute atomic E-state index is 13.1. The van der Waals surface area contributed by atoms with Crippen LogP contribution in [0.2, 0.25) is 0 Å². The Bertz CT molecular complexity index is 1190. The van der Waals surface area contributed by atoms with Gasteiger partial charge in [0.25, 0.3) is 11.8 Å². The van der Waals surface area contributed by atoms with E-state index >= 15 is 0 Å². The van der Waals surface area contributed by atoms with Crippen LogP contribution in [0.1, 0.15) is 39.1 Å². The number of amides is 2. The standard InChI is InChI=1S/C22H23N3O5S/c1-31(28,29)25-11-8-15-14-16(6-7-18(15)25)21(27)24-12-9-22(10-13-24)23-20(26)17-4-2-3-5-19(17)30-22/h2-7,14H,8-13H2,1H3,(H,23,26). The lowest BCUT2D eigenvalue weighted by Crippen LogP contribution is -2.61. The third kappa shape index (κ3) is 3.42. The van der Waals surface area contributed by atoms with Gasteiger partial charge in [-0.15, -0.1) is 0 Å². The molecule has 2 amide bonds. The Balaban J connectivity index is 1.30. The second-order valence-corrected chi connectivity index (χ2v) is 10.2. The highest BCUT2D eigenvalue weighted by atomic mass is 32.2. The van der Waals surface area contributed by atoms with Crippen LogP contribution < -0.4 is 14.4 Å². The van der Waals surface area contributed by atoms with E-state index in [1.807, 2.05) is 6.07 Å². The van der Waals surface area contributed by atoms with Gasteiger partial charge in [-0.3, -0.25) is 13.9 Å². The van der Waals surface area contributed by atoms with E-state index < -0.39 is 15.7 Å². The van der Waals surface area contributed by atoms with Crippen LogP contribution in [0.3, 0.4) is 0 Å². The van der Waals surface area contributed by atoms with Crippen molar-refractivity contribution >= 4 is 27.5 Å². The second kappa shape index (κ2) is 6.98. The number of fused-ring (bicyclic) bond motifs is 2. The summed E-state index contributed by atoms with van der Waals surface area (Å²) in [5, 5.41) is 2.98. The van der Waals surface area contributed by atoms with E-state index in [1.165, 1.54) is 10.6 Å². The predicted molar refractivity (Wildman–Crippen MR) is 115 cm³/mol. The molecule has 3 aliphatic heterocycles. The number of ether oxygens (including phenoxy) is 1. The van der Waals surface area contributed by atoms with Crippen molar-refractivity contribution in [2.24, 2.45) is 0 Å². The molecule has 3 aliphatic rings. The fourth-order valence-electron chi connectivity index (χ4n) is 4.58. The normalized spacial score (nSPS) is 19.5. The van der Waals surface area contributed by atoms with Crippen molar-refractivity contribution in [1.82, 2.24) is 10.2 Å². The molecule has 2 aromatic rings. The van der Waals surface area contributed by atoms with Crippen molar-refractivity contribution in [2.45, 2.75) is 25.0 Å². The lowest BCUT2D eigenvalue weighted by Gasteiger charge is -2.44.